The van der Waals surface area contributed by atoms with E-state index in [1.54, 1.807) is 0 Å². The second-order valence-corrected chi connectivity index (χ2v) is 6.07. The van der Waals surface area contributed by atoms with Crippen LogP contribution < -0.4 is 5.32 Å². The summed E-state index contributed by atoms with van der Waals surface area (Å²) in [6.45, 7) is 6.25. The van der Waals surface area contributed by atoms with Crippen molar-refractivity contribution < 1.29 is 4.79 Å². The van der Waals surface area contributed by atoms with Crippen molar-refractivity contribution in [1.29, 1.82) is 0 Å². The molecule has 1 amide bonds. The third kappa shape index (κ3) is 1.56. The Balaban J connectivity index is 1.58. The maximum Gasteiger partial charge on any atom is 0.225 e. The SMILES string of the molecule is CC(C(=O)N1CCC2(CCC2)C1)C1CNC1. The van der Waals surface area contributed by atoms with Gasteiger partial charge in [0.25, 0.3) is 0 Å². The first-order valence-electron chi connectivity index (χ1n) is 6.70. The van der Waals surface area contributed by atoms with Crippen molar-refractivity contribution in [3.63, 3.8) is 0 Å². The van der Waals surface area contributed by atoms with Crippen LogP contribution in [0.15, 0.2) is 0 Å². The van der Waals surface area contributed by atoms with E-state index in [1.807, 2.05) is 0 Å². The Morgan fingerprint density at radius 2 is 2.12 bits per heavy atom. The van der Waals surface area contributed by atoms with Gasteiger partial charge in [-0.3, -0.25) is 4.79 Å². The molecule has 2 saturated heterocycles. The number of likely N-dealkylation sites (tertiary alicyclic amines) is 1. The van der Waals surface area contributed by atoms with Gasteiger partial charge in [-0.2, -0.15) is 0 Å². The molecule has 1 N–H and O–H groups in total. The van der Waals surface area contributed by atoms with Crippen molar-refractivity contribution in [2.75, 3.05) is 26.2 Å². The summed E-state index contributed by atoms with van der Waals surface area (Å²) in [6, 6.07) is 0. The van der Waals surface area contributed by atoms with Crippen molar-refractivity contribution in [2.45, 2.75) is 32.6 Å². The van der Waals surface area contributed by atoms with Crippen molar-refractivity contribution in [2.24, 2.45) is 17.3 Å². The molecule has 2 aliphatic heterocycles. The lowest BCUT2D eigenvalue weighted by atomic mass is 9.68. The number of hydrogen-bond donors (Lipinski definition) is 1. The zero-order valence-corrected chi connectivity index (χ0v) is 10.2. The van der Waals surface area contributed by atoms with Crippen LogP contribution in [-0.2, 0) is 4.79 Å². The van der Waals surface area contributed by atoms with E-state index >= 15 is 0 Å². The Hall–Kier alpha value is -0.570. The minimum Gasteiger partial charge on any atom is -0.342 e. The summed E-state index contributed by atoms with van der Waals surface area (Å²) in [5, 5.41) is 3.26. The van der Waals surface area contributed by atoms with Gasteiger partial charge in [-0.15, -0.1) is 0 Å². The first kappa shape index (κ1) is 10.6. The van der Waals surface area contributed by atoms with Crippen LogP contribution in [0.4, 0.5) is 0 Å². The van der Waals surface area contributed by atoms with Crippen molar-refractivity contribution in [1.82, 2.24) is 10.2 Å². The van der Waals surface area contributed by atoms with Gasteiger partial charge < -0.3 is 10.2 Å². The number of nitrogens with one attached hydrogen (secondary N) is 1. The van der Waals surface area contributed by atoms with E-state index in [-0.39, 0.29) is 5.92 Å². The highest BCUT2D eigenvalue weighted by atomic mass is 16.2. The Morgan fingerprint density at radius 3 is 2.56 bits per heavy atom. The van der Waals surface area contributed by atoms with Crippen LogP contribution in [0.25, 0.3) is 0 Å². The summed E-state index contributed by atoms with van der Waals surface area (Å²) in [5.74, 6) is 1.23. The molecule has 1 atom stereocenters. The molecule has 2 heterocycles. The van der Waals surface area contributed by atoms with Crippen molar-refractivity contribution in [3.05, 3.63) is 0 Å². The van der Waals surface area contributed by atoms with Gasteiger partial charge in [0.05, 0.1) is 0 Å². The third-order valence-corrected chi connectivity index (χ3v) is 5.07. The molecule has 0 radical (unpaired) electrons. The van der Waals surface area contributed by atoms with E-state index in [2.05, 4.69) is 17.1 Å². The van der Waals surface area contributed by atoms with Gasteiger partial charge in [0.15, 0.2) is 0 Å². The van der Waals surface area contributed by atoms with Crippen LogP contribution in [0, 0.1) is 17.3 Å². The summed E-state index contributed by atoms with van der Waals surface area (Å²) in [7, 11) is 0. The minimum absolute atomic E-state index is 0.233. The van der Waals surface area contributed by atoms with E-state index in [4.69, 9.17) is 0 Å². The highest BCUT2D eigenvalue weighted by Gasteiger charge is 2.45. The number of carbonyl (C=O) groups excluding carboxylic acids is 1. The fourth-order valence-electron chi connectivity index (χ4n) is 3.36. The Bertz CT molecular complexity index is 294. The number of hydrogen-bond acceptors (Lipinski definition) is 2. The highest BCUT2D eigenvalue weighted by molar-refractivity contribution is 5.79. The molecule has 0 aromatic carbocycles. The molecule has 1 spiro atoms. The topological polar surface area (TPSA) is 32.3 Å². The van der Waals surface area contributed by atoms with E-state index in [0.29, 0.717) is 17.2 Å². The first-order chi connectivity index (χ1) is 7.70. The van der Waals surface area contributed by atoms with Crippen LogP contribution in [0.3, 0.4) is 0 Å². The molecule has 1 unspecified atom stereocenters. The molecule has 3 rings (SSSR count). The monoisotopic (exact) mass is 222 g/mol. The quantitative estimate of drug-likeness (QED) is 0.762. The van der Waals surface area contributed by atoms with Crippen molar-refractivity contribution in [3.8, 4) is 0 Å². The van der Waals surface area contributed by atoms with Gasteiger partial charge in [0.2, 0.25) is 5.91 Å². The summed E-state index contributed by atoms with van der Waals surface area (Å²) < 4.78 is 0. The molecule has 0 aromatic heterocycles. The van der Waals surface area contributed by atoms with Gasteiger partial charge in [-0.25, -0.2) is 0 Å². The molecule has 90 valence electrons. The average molecular weight is 222 g/mol. The smallest absolute Gasteiger partial charge is 0.225 e. The van der Waals surface area contributed by atoms with Crippen LogP contribution in [-0.4, -0.2) is 37.0 Å². The Labute approximate surface area is 97.6 Å². The molecular weight excluding hydrogens is 200 g/mol. The molecule has 1 saturated carbocycles. The maximum absolute atomic E-state index is 12.3. The third-order valence-electron chi connectivity index (χ3n) is 5.07. The number of rotatable bonds is 2. The van der Waals surface area contributed by atoms with Crippen LogP contribution >= 0.6 is 0 Å². The minimum atomic E-state index is 0.233. The molecule has 3 fully saturated rings. The molecule has 16 heavy (non-hydrogen) atoms. The zero-order valence-electron chi connectivity index (χ0n) is 10.2. The second-order valence-electron chi connectivity index (χ2n) is 6.07. The van der Waals surface area contributed by atoms with Crippen LogP contribution in [0.2, 0.25) is 0 Å². The van der Waals surface area contributed by atoms with Gasteiger partial charge >= 0.3 is 0 Å². The van der Waals surface area contributed by atoms with Gasteiger partial charge in [-0.05, 0) is 43.7 Å². The van der Waals surface area contributed by atoms with E-state index < -0.39 is 0 Å². The molecule has 0 bridgehead atoms. The van der Waals surface area contributed by atoms with Gasteiger partial charge in [0, 0.05) is 19.0 Å². The van der Waals surface area contributed by atoms with E-state index in [1.165, 1.54) is 25.7 Å². The maximum atomic E-state index is 12.3. The van der Waals surface area contributed by atoms with Crippen LogP contribution in [0.5, 0.6) is 0 Å². The number of carbonyl (C=O) groups is 1. The summed E-state index contributed by atoms with van der Waals surface area (Å²) in [5.41, 5.74) is 0.549. The molecule has 1 aliphatic carbocycles. The predicted molar refractivity (Wildman–Crippen MR) is 63.0 cm³/mol. The molecule has 3 heteroatoms. The lowest BCUT2D eigenvalue weighted by molar-refractivity contribution is -0.137. The van der Waals surface area contributed by atoms with Gasteiger partial charge in [-0.1, -0.05) is 13.3 Å². The van der Waals surface area contributed by atoms with E-state index in [0.717, 1.165) is 26.2 Å². The normalized spacial score (nSPS) is 29.9. The summed E-state index contributed by atoms with van der Waals surface area (Å²) in [6.07, 6.45) is 5.35. The number of nitrogens with zero attached hydrogens (tertiary/aromatic N) is 1. The van der Waals surface area contributed by atoms with Crippen molar-refractivity contribution >= 4 is 5.91 Å². The fraction of sp³-hybridized carbons (Fsp3) is 0.923. The average Bonchev–Trinajstić information content (AvgIpc) is 2.57. The summed E-state index contributed by atoms with van der Waals surface area (Å²) in [4.78, 5) is 14.4. The Morgan fingerprint density at radius 1 is 1.38 bits per heavy atom. The predicted octanol–water partition coefficient (Wildman–Crippen LogP) is 1.24. The van der Waals surface area contributed by atoms with E-state index in [9.17, 15) is 4.79 Å². The molecule has 3 aliphatic rings. The van der Waals surface area contributed by atoms with Gasteiger partial charge in [0.1, 0.15) is 0 Å². The fourth-order valence-corrected chi connectivity index (χ4v) is 3.36. The largest absolute Gasteiger partial charge is 0.342 e. The zero-order chi connectivity index (χ0) is 11.2. The Kier molecular flexibility index (Phi) is 2.46. The molecular formula is C13H22N2O. The first-order valence-corrected chi connectivity index (χ1v) is 6.70. The van der Waals surface area contributed by atoms with Crippen LogP contribution in [0.1, 0.15) is 32.6 Å². The summed E-state index contributed by atoms with van der Waals surface area (Å²) >= 11 is 0. The standard InChI is InChI=1S/C13H22N2O/c1-10(11-7-14-8-11)12(16)15-6-5-13(9-15)3-2-4-13/h10-11,14H,2-9H2,1H3. The lowest BCUT2D eigenvalue weighted by Crippen LogP contribution is -2.50. The highest BCUT2D eigenvalue weighted by Crippen LogP contribution is 2.48. The lowest BCUT2D eigenvalue weighted by Gasteiger charge is -2.39. The second kappa shape index (κ2) is 3.73. The molecule has 0 aromatic rings. The number of amides is 1. The molecule has 3 nitrogen and oxygen atoms in total.